The van der Waals surface area contributed by atoms with Crippen LogP contribution in [0.5, 0.6) is 0 Å². The van der Waals surface area contributed by atoms with Gasteiger partial charge in [-0.3, -0.25) is 4.90 Å². The molecule has 3 rings (SSSR count). The van der Waals surface area contributed by atoms with Gasteiger partial charge in [-0.25, -0.2) is 4.98 Å². The van der Waals surface area contributed by atoms with Crippen molar-refractivity contribution >= 4 is 0 Å². The molecule has 1 aromatic heterocycles. The Labute approximate surface area is 122 Å². The van der Waals surface area contributed by atoms with Crippen LogP contribution >= 0.6 is 0 Å². The molecule has 2 unspecified atom stereocenters. The fourth-order valence-electron chi connectivity index (χ4n) is 4.53. The van der Waals surface area contributed by atoms with Gasteiger partial charge in [0.1, 0.15) is 5.82 Å². The van der Waals surface area contributed by atoms with Crippen LogP contribution in [0.15, 0.2) is 12.4 Å². The highest BCUT2D eigenvalue weighted by molar-refractivity contribution is 5.05. The van der Waals surface area contributed by atoms with Crippen molar-refractivity contribution in [3.63, 3.8) is 0 Å². The normalized spacial score (nSPS) is 31.5. The van der Waals surface area contributed by atoms with Gasteiger partial charge in [0.15, 0.2) is 0 Å². The van der Waals surface area contributed by atoms with E-state index in [1.54, 1.807) is 0 Å². The lowest BCUT2D eigenvalue weighted by atomic mass is 9.66. The summed E-state index contributed by atoms with van der Waals surface area (Å²) in [7, 11) is 0. The van der Waals surface area contributed by atoms with E-state index in [1.807, 2.05) is 6.20 Å². The van der Waals surface area contributed by atoms with E-state index in [0.717, 1.165) is 32.1 Å². The molecule has 2 N–H and O–H groups in total. The Balaban J connectivity index is 1.88. The van der Waals surface area contributed by atoms with Gasteiger partial charge in [0.25, 0.3) is 0 Å². The van der Waals surface area contributed by atoms with Crippen molar-refractivity contribution in [2.24, 2.45) is 17.6 Å². The molecule has 1 aliphatic heterocycles. The molecular formula is C16H28N4. The molecule has 1 saturated carbocycles. The zero-order chi connectivity index (χ0) is 14.2. The molecule has 2 aliphatic rings. The van der Waals surface area contributed by atoms with Crippen LogP contribution in [-0.2, 0) is 13.1 Å². The predicted molar refractivity (Wildman–Crippen MR) is 81.2 cm³/mol. The molecule has 20 heavy (non-hydrogen) atoms. The van der Waals surface area contributed by atoms with Crippen molar-refractivity contribution in [3.05, 3.63) is 18.2 Å². The topological polar surface area (TPSA) is 47.1 Å². The number of fused-ring (bicyclic) bond motifs is 1. The lowest BCUT2D eigenvalue weighted by Crippen LogP contribution is -2.62. The Hall–Kier alpha value is -0.870. The van der Waals surface area contributed by atoms with Gasteiger partial charge >= 0.3 is 0 Å². The number of nitrogens with zero attached hydrogens (tertiary/aromatic N) is 3. The first kappa shape index (κ1) is 14.1. The minimum absolute atomic E-state index is 0.198. The predicted octanol–water partition coefficient (Wildman–Crippen LogP) is 2.24. The van der Waals surface area contributed by atoms with Crippen molar-refractivity contribution in [1.29, 1.82) is 0 Å². The second-order valence-corrected chi connectivity index (χ2v) is 6.86. The fraction of sp³-hybridized carbons (Fsp3) is 0.812. The summed E-state index contributed by atoms with van der Waals surface area (Å²) in [5.74, 6) is 2.64. The summed E-state index contributed by atoms with van der Waals surface area (Å²) in [5, 5.41) is 0. The average molecular weight is 276 g/mol. The molecule has 0 amide bonds. The summed E-state index contributed by atoms with van der Waals surface area (Å²) in [6, 6.07) is 0. The van der Waals surface area contributed by atoms with Gasteiger partial charge in [0, 0.05) is 37.6 Å². The first-order valence-electron chi connectivity index (χ1n) is 8.12. The Morgan fingerprint density at radius 3 is 3.00 bits per heavy atom. The molecule has 1 aromatic rings. The van der Waals surface area contributed by atoms with Gasteiger partial charge in [0.05, 0.1) is 6.54 Å². The molecule has 0 spiro atoms. The number of hydrogen-bond donors (Lipinski definition) is 1. The zero-order valence-corrected chi connectivity index (χ0v) is 12.9. The third-order valence-corrected chi connectivity index (χ3v) is 5.60. The van der Waals surface area contributed by atoms with Crippen molar-refractivity contribution in [1.82, 2.24) is 14.5 Å². The van der Waals surface area contributed by atoms with Crippen LogP contribution in [0.25, 0.3) is 0 Å². The Morgan fingerprint density at radius 1 is 1.40 bits per heavy atom. The number of hydrogen-bond acceptors (Lipinski definition) is 3. The molecule has 0 aromatic carbocycles. The van der Waals surface area contributed by atoms with Gasteiger partial charge in [0.2, 0.25) is 0 Å². The van der Waals surface area contributed by atoms with Gasteiger partial charge in [-0.05, 0) is 24.7 Å². The monoisotopic (exact) mass is 276 g/mol. The maximum absolute atomic E-state index is 6.32. The average Bonchev–Trinajstić information content (AvgIpc) is 2.94. The minimum atomic E-state index is 0.198. The Kier molecular flexibility index (Phi) is 3.87. The number of imidazole rings is 1. The minimum Gasteiger partial charge on any atom is -0.333 e. The zero-order valence-electron chi connectivity index (χ0n) is 12.9. The SMILES string of the molecule is CC(C)C1CCCCC1(CN)N1CCn2ccnc2C1. The van der Waals surface area contributed by atoms with E-state index in [-0.39, 0.29) is 5.54 Å². The van der Waals surface area contributed by atoms with Crippen LogP contribution < -0.4 is 5.73 Å². The second kappa shape index (κ2) is 5.49. The van der Waals surface area contributed by atoms with Crippen molar-refractivity contribution < 1.29 is 0 Å². The third-order valence-electron chi connectivity index (χ3n) is 5.60. The molecule has 0 bridgehead atoms. The number of aromatic nitrogens is 2. The maximum Gasteiger partial charge on any atom is 0.122 e. The quantitative estimate of drug-likeness (QED) is 0.921. The van der Waals surface area contributed by atoms with Crippen molar-refractivity contribution in [2.45, 2.75) is 58.2 Å². The molecule has 2 heterocycles. The van der Waals surface area contributed by atoms with E-state index >= 15 is 0 Å². The van der Waals surface area contributed by atoms with E-state index in [0.29, 0.717) is 5.92 Å². The maximum atomic E-state index is 6.32. The number of nitrogens with two attached hydrogens (primary N) is 1. The highest BCUT2D eigenvalue weighted by Crippen LogP contribution is 2.43. The summed E-state index contributed by atoms with van der Waals surface area (Å²) in [5.41, 5.74) is 6.52. The van der Waals surface area contributed by atoms with Crippen LogP contribution in [0.2, 0.25) is 0 Å². The number of rotatable bonds is 3. The third kappa shape index (κ3) is 2.19. The molecule has 1 aliphatic carbocycles. The van der Waals surface area contributed by atoms with Gasteiger partial charge in [-0.2, -0.15) is 0 Å². The fourth-order valence-corrected chi connectivity index (χ4v) is 4.53. The van der Waals surface area contributed by atoms with E-state index < -0.39 is 0 Å². The first-order chi connectivity index (χ1) is 9.67. The Bertz CT molecular complexity index is 453. The summed E-state index contributed by atoms with van der Waals surface area (Å²) >= 11 is 0. The summed E-state index contributed by atoms with van der Waals surface area (Å²) in [6.45, 7) is 8.66. The van der Waals surface area contributed by atoms with Gasteiger partial charge in [-0.1, -0.05) is 26.7 Å². The van der Waals surface area contributed by atoms with E-state index in [4.69, 9.17) is 5.73 Å². The van der Waals surface area contributed by atoms with Crippen molar-refractivity contribution in [3.8, 4) is 0 Å². The van der Waals surface area contributed by atoms with Crippen molar-refractivity contribution in [2.75, 3.05) is 13.1 Å². The van der Waals surface area contributed by atoms with E-state index in [2.05, 4.69) is 34.5 Å². The van der Waals surface area contributed by atoms with Crippen LogP contribution in [0.1, 0.15) is 45.4 Å². The standard InChI is InChI=1S/C16H28N4/c1-13(2)14-5-3-4-6-16(14,12-17)20-10-9-19-8-7-18-15(19)11-20/h7-8,13-14H,3-6,9-12,17H2,1-2H3. The molecule has 0 saturated heterocycles. The van der Waals surface area contributed by atoms with Crippen LogP contribution in [0.4, 0.5) is 0 Å². The molecule has 4 nitrogen and oxygen atoms in total. The summed E-state index contributed by atoms with van der Waals surface area (Å²) < 4.78 is 2.29. The summed E-state index contributed by atoms with van der Waals surface area (Å²) in [6.07, 6.45) is 9.31. The smallest absolute Gasteiger partial charge is 0.122 e. The molecule has 1 fully saturated rings. The molecule has 0 radical (unpaired) electrons. The molecule has 112 valence electrons. The van der Waals surface area contributed by atoms with Crippen LogP contribution in [0, 0.1) is 11.8 Å². The van der Waals surface area contributed by atoms with Crippen LogP contribution in [0.3, 0.4) is 0 Å². The lowest BCUT2D eigenvalue weighted by Gasteiger charge is -2.53. The van der Waals surface area contributed by atoms with E-state index in [9.17, 15) is 0 Å². The highest BCUT2D eigenvalue weighted by atomic mass is 15.3. The molecule has 4 heteroatoms. The molecule has 2 atom stereocenters. The van der Waals surface area contributed by atoms with Crippen LogP contribution in [-0.4, -0.2) is 33.1 Å². The van der Waals surface area contributed by atoms with E-state index in [1.165, 1.54) is 31.5 Å². The van der Waals surface area contributed by atoms with Gasteiger partial charge < -0.3 is 10.3 Å². The first-order valence-corrected chi connectivity index (χ1v) is 8.12. The highest BCUT2D eigenvalue weighted by Gasteiger charge is 2.46. The largest absolute Gasteiger partial charge is 0.333 e. The second-order valence-electron chi connectivity index (χ2n) is 6.86. The molecular weight excluding hydrogens is 248 g/mol. The lowest BCUT2D eigenvalue weighted by molar-refractivity contribution is -0.0307. The summed E-state index contributed by atoms with van der Waals surface area (Å²) in [4.78, 5) is 7.17. The Morgan fingerprint density at radius 2 is 2.25 bits per heavy atom. The van der Waals surface area contributed by atoms with Gasteiger partial charge in [-0.15, -0.1) is 0 Å².